The molecule has 0 spiro atoms. The van der Waals surface area contributed by atoms with Gasteiger partial charge in [-0.3, -0.25) is 4.79 Å². The van der Waals surface area contributed by atoms with Crippen LogP contribution in [0, 0.1) is 0 Å². The average Bonchev–Trinajstić information content (AvgIpc) is 2.70. The predicted molar refractivity (Wildman–Crippen MR) is 113 cm³/mol. The van der Waals surface area contributed by atoms with Crippen LogP contribution in [0.3, 0.4) is 0 Å². The molecule has 0 saturated heterocycles. The zero-order valence-corrected chi connectivity index (χ0v) is 17.4. The van der Waals surface area contributed by atoms with Crippen LogP contribution in [0.1, 0.15) is 36.7 Å². The van der Waals surface area contributed by atoms with Crippen molar-refractivity contribution >= 4 is 29.6 Å². The minimum atomic E-state index is -0.740. The molecule has 30 heavy (non-hydrogen) atoms. The number of benzene rings is 2. The first-order valence-corrected chi connectivity index (χ1v) is 9.29. The monoisotopic (exact) mass is 411 g/mol. The number of ether oxygens (including phenoxy) is 3. The van der Waals surface area contributed by atoms with E-state index in [1.165, 1.54) is 12.1 Å². The Balaban J connectivity index is 1.99. The highest BCUT2D eigenvalue weighted by Crippen LogP contribution is 2.17. The van der Waals surface area contributed by atoms with Crippen molar-refractivity contribution in [3.8, 4) is 5.75 Å². The Morgan fingerprint density at radius 2 is 1.67 bits per heavy atom. The minimum Gasteiger partial charge on any atom is -0.497 e. The summed E-state index contributed by atoms with van der Waals surface area (Å²) in [7, 11) is 1.58. The van der Waals surface area contributed by atoms with E-state index in [1.54, 1.807) is 64.3 Å². The fourth-order valence-corrected chi connectivity index (χ4v) is 2.40. The molecule has 0 atom stereocenters. The fraction of sp³-hybridized carbons (Fsp3) is 0.261. The molecule has 0 heterocycles. The van der Waals surface area contributed by atoms with Crippen molar-refractivity contribution in [2.75, 3.05) is 19.0 Å². The molecule has 2 rings (SSSR count). The number of hydrogen-bond donors (Lipinski definition) is 1. The van der Waals surface area contributed by atoms with Crippen molar-refractivity contribution in [2.45, 2.75) is 26.4 Å². The Morgan fingerprint density at radius 3 is 2.30 bits per heavy atom. The maximum atomic E-state index is 12.3. The van der Waals surface area contributed by atoms with Gasteiger partial charge in [-0.1, -0.05) is 24.3 Å². The third-order valence-corrected chi connectivity index (χ3v) is 3.69. The standard InChI is InChI=1S/C23H25NO6/c1-23(2,3)30-21(26)15-29-22(27)18-7-5-6-8-19(18)24-20(25)14-11-16-9-12-17(28-4)13-10-16/h5-14H,15H2,1-4H3,(H,24,25)/b14-11+. The van der Waals surface area contributed by atoms with Crippen LogP contribution in [0.15, 0.2) is 54.6 Å². The molecule has 2 aromatic rings. The maximum absolute atomic E-state index is 12.3. The summed E-state index contributed by atoms with van der Waals surface area (Å²) >= 11 is 0. The minimum absolute atomic E-state index is 0.132. The van der Waals surface area contributed by atoms with E-state index in [4.69, 9.17) is 14.2 Å². The van der Waals surface area contributed by atoms with Gasteiger partial charge in [0.25, 0.3) is 0 Å². The fourth-order valence-electron chi connectivity index (χ4n) is 2.40. The smallest absolute Gasteiger partial charge is 0.344 e. The van der Waals surface area contributed by atoms with Gasteiger partial charge in [0.1, 0.15) is 11.4 Å². The van der Waals surface area contributed by atoms with Crippen molar-refractivity contribution in [1.82, 2.24) is 0 Å². The summed E-state index contributed by atoms with van der Waals surface area (Å²) < 4.78 is 15.2. The number of methoxy groups -OCH3 is 1. The van der Waals surface area contributed by atoms with Gasteiger partial charge in [0.2, 0.25) is 5.91 Å². The lowest BCUT2D eigenvalue weighted by Crippen LogP contribution is -2.27. The van der Waals surface area contributed by atoms with Gasteiger partial charge in [-0.25, -0.2) is 9.59 Å². The first-order valence-electron chi connectivity index (χ1n) is 9.29. The molecule has 0 fully saturated rings. The Kier molecular flexibility index (Phi) is 7.75. The third kappa shape index (κ3) is 7.43. The third-order valence-electron chi connectivity index (χ3n) is 3.69. The van der Waals surface area contributed by atoms with E-state index in [0.29, 0.717) is 0 Å². The van der Waals surface area contributed by atoms with Gasteiger partial charge in [0.05, 0.1) is 18.4 Å². The van der Waals surface area contributed by atoms with Crippen LogP contribution >= 0.6 is 0 Å². The Hall–Kier alpha value is -3.61. The van der Waals surface area contributed by atoms with Gasteiger partial charge in [0.15, 0.2) is 6.61 Å². The maximum Gasteiger partial charge on any atom is 0.344 e. The van der Waals surface area contributed by atoms with Gasteiger partial charge in [-0.15, -0.1) is 0 Å². The molecule has 0 radical (unpaired) electrons. The number of rotatable bonds is 7. The predicted octanol–water partition coefficient (Wildman–Crippen LogP) is 3.85. The molecular weight excluding hydrogens is 386 g/mol. The van der Waals surface area contributed by atoms with Crippen molar-refractivity contribution in [3.63, 3.8) is 0 Å². The number of carbonyl (C=O) groups excluding carboxylic acids is 3. The van der Waals surface area contributed by atoms with E-state index in [1.807, 2.05) is 12.1 Å². The number of anilines is 1. The second-order valence-corrected chi connectivity index (χ2v) is 7.30. The lowest BCUT2D eigenvalue weighted by molar-refractivity contribution is -0.158. The second kappa shape index (κ2) is 10.2. The number of esters is 2. The lowest BCUT2D eigenvalue weighted by atomic mass is 10.1. The van der Waals surface area contributed by atoms with Gasteiger partial charge >= 0.3 is 11.9 Å². The van der Waals surface area contributed by atoms with Crippen LogP contribution in [0.4, 0.5) is 5.69 Å². The number of nitrogens with one attached hydrogen (secondary N) is 1. The quantitative estimate of drug-likeness (QED) is 0.550. The molecule has 0 aliphatic heterocycles. The molecule has 0 saturated carbocycles. The first-order chi connectivity index (χ1) is 14.2. The molecular formula is C23H25NO6. The molecule has 2 aromatic carbocycles. The molecule has 1 N–H and O–H groups in total. The van der Waals surface area contributed by atoms with Crippen molar-refractivity contribution in [1.29, 1.82) is 0 Å². The van der Waals surface area contributed by atoms with Crippen LogP contribution in [0.2, 0.25) is 0 Å². The van der Waals surface area contributed by atoms with Crippen LogP contribution in [0.25, 0.3) is 6.08 Å². The zero-order valence-electron chi connectivity index (χ0n) is 17.4. The number of amides is 1. The molecule has 158 valence electrons. The molecule has 0 aromatic heterocycles. The number of hydrogen-bond acceptors (Lipinski definition) is 6. The topological polar surface area (TPSA) is 90.9 Å². The second-order valence-electron chi connectivity index (χ2n) is 7.30. The first kappa shape index (κ1) is 22.7. The van der Waals surface area contributed by atoms with E-state index in [-0.39, 0.29) is 11.3 Å². The summed E-state index contributed by atoms with van der Waals surface area (Å²) in [5.74, 6) is -1.09. The van der Waals surface area contributed by atoms with E-state index in [0.717, 1.165) is 11.3 Å². The Morgan fingerprint density at radius 1 is 1.00 bits per heavy atom. The van der Waals surface area contributed by atoms with Gasteiger partial charge in [0, 0.05) is 6.08 Å². The normalized spacial score (nSPS) is 11.1. The summed E-state index contributed by atoms with van der Waals surface area (Å²) in [6, 6.07) is 13.6. The molecule has 0 bridgehead atoms. The molecule has 0 aliphatic carbocycles. The summed E-state index contributed by atoms with van der Waals surface area (Å²) in [5, 5.41) is 2.64. The van der Waals surface area contributed by atoms with Crippen molar-refractivity contribution < 1.29 is 28.6 Å². The summed E-state index contributed by atoms with van der Waals surface area (Å²) in [5.41, 5.74) is 0.547. The van der Waals surface area contributed by atoms with Crippen LogP contribution < -0.4 is 10.1 Å². The van der Waals surface area contributed by atoms with Gasteiger partial charge < -0.3 is 19.5 Å². The highest BCUT2D eigenvalue weighted by molar-refractivity contribution is 6.06. The largest absolute Gasteiger partial charge is 0.497 e. The lowest BCUT2D eigenvalue weighted by Gasteiger charge is -2.19. The van der Waals surface area contributed by atoms with Crippen LogP contribution in [-0.2, 0) is 19.1 Å². The molecule has 0 aliphatic rings. The number of para-hydroxylation sites is 1. The Labute approximate surface area is 175 Å². The Bertz CT molecular complexity index is 925. The van der Waals surface area contributed by atoms with Crippen LogP contribution in [0.5, 0.6) is 5.75 Å². The highest BCUT2D eigenvalue weighted by Gasteiger charge is 2.19. The van der Waals surface area contributed by atoms with Crippen LogP contribution in [-0.4, -0.2) is 37.2 Å². The zero-order chi connectivity index (χ0) is 22.1. The van der Waals surface area contributed by atoms with E-state index >= 15 is 0 Å². The molecule has 7 nitrogen and oxygen atoms in total. The summed E-state index contributed by atoms with van der Waals surface area (Å²) in [4.78, 5) is 36.3. The molecule has 7 heteroatoms. The summed E-state index contributed by atoms with van der Waals surface area (Å²) in [6.07, 6.45) is 2.99. The molecule has 1 amide bonds. The van der Waals surface area contributed by atoms with E-state index in [2.05, 4.69) is 5.32 Å². The van der Waals surface area contributed by atoms with Gasteiger partial charge in [-0.05, 0) is 56.7 Å². The van der Waals surface area contributed by atoms with Crippen molar-refractivity contribution in [3.05, 3.63) is 65.7 Å². The SMILES string of the molecule is COc1ccc(/C=C/C(=O)Nc2ccccc2C(=O)OCC(=O)OC(C)(C)C)cc1. The van der Waals surface area contributed by atoms with E-state index in [9.17, 15) is 14.4 Å². The number of carbonyl (C=O) groups is 3. The molecule has 0 unspecified atom stereocenters. The average molecular weight is 411 g/mol. The van der Waals surface area contributed by atoms with Crippen molar-refractivity contribution in [2.24, 2.45) is 0 Å². The summed E-state index contributed by atoms with van der Waals surface area (Å²) in [6.45, 7) is 4.64. The van der Waals surface area contributed by atoms with Gasteiger partial charge in [-0.2, -0.15) is 0 Å². The van der Waals surface area contributed by atoms with E-state index < -0.39 is 30.1 Å². The highest BCUT2D eigenvalue weighted by atomic mass is 16.6.